The number of aliphatic hydroxyl groups excluding tert-OH is 1. The normalized spacial score (nSPS) is 16.1. The zero-order valence-corrected chi connectivity index (χ0v) is 21.4. The maximum Gasteiger partial charge on any atom is 0.416 e. The molecule has 0 radical (unpaired) electrons. The lowest BCUT2D eigenvalue weighted by atomic mass is 9.97. The van der Waals surface area contributed by atoms with Crippen molar-refractivity contribution < 1.29 is 23.1 Å². The lowest BCUT2D eigenvalue weighted by molar-refractivity contribution is -0.137. The van der Waals surface area contributed by atoms with Gasteiger partial charge in [0.05, 0.1) is 10.6 Å². The number of para-hydroxylation sites is 1. The van der Waals surface area contributed by atoms with Crippen molar-refractivity contribution in [2.24, 2.45) is 0 Å². The lowest BCUT2D eigenvalue weighted by Crippen LogP contribution is -2.42. The molecular formula is C26H28F3N3O2S2. The summed E-state index contributed by atoms with van der Waals surface area (Å²) in [5.74, 6) is 1.50. The molecule has 2 aromatic carbocycles. The van der Waals surface area contributed by atoms with Gasteiger partial charge in [-0.3, -0.25) is 9.69 Å². The van der Waals surface area contributed by atoms with Gasteiger partial charge in [0.15, 0.2) is 0 Å². The molecule has 2 N–H and O–H groups in total. The molecule has 1 amide bonds. The summed E-state index contributed by atoms with van der Waals surface area (Å²) in [5, 5.41) is 15.8. The van der Waals surface area contributed by atoms with Crippen LogP contribution in [0.1, 0.15) is 46.7 Å². The molecule has 1 fully saturated rings. The fourth-order valence-electron chi connectivity index (χ4n) is 4.25. The minimum Gasteiger partial charge on any atom is -0.378 e. The van der Waals surface area contributed by atoms with Crippen LogP contribution in [-0.2, 0) is 6.18 Å². The summed E-state index contributed by atoms with van der Waals surface area (Å²) in [4.78, 5) is 19.6. The van der Waals surface area contributed by atoms with Crippen LogP contribution in [0.3, 0.4) is 0 Å². The second kappa shape index (κ2) is 11.8. The molecule has 1 atom stereocenters. The first-order chi connectivity index (χ1) is 17.3. The van der Waals surface area contributed by atoms with Crippen LogP contribution < -0.4 is 5.32 Å². The van der Waals surface area contributed by atoms with Crippen LogP contribution in [-0.4, -0.2) is 51.7 Å². The molecule has 36 heavy (non-hydrogen) atoms. The van der Waals surface area contributed by atoms with Crippen LogP contribution in [0, 0.1) is 0 Å². The van der Waals surface area contributed by atoms with Crippen LogP contribution in [0.2, 0.25) is 0 Å². The molecule has 0 aliphatic carbocycles. The van der Waals surface area contributed by atoms with Gasteiger partial charge in [-0.15, -0.1) is 11.3 Å². The number of anilines is 1. The van der Waals surface area contributed by atoms with Crippen LogP contribution >= 0.6 is 23.1 Å². The highest BCUT2D eigenvalue weighted by Gasteiger charge is 2.31. The number of thioether (sulfide) groups is 1. The van der Waals surface area contributed by atoms with Crippen molar-refractivity contribution in [2.75, 3.05) is 29.9 Å². The number of benzene rings is 2. The van der Waals surface area contributed by atoms with Crippen molar-refractivity contribution in [2.45, 2.75) is 38.1 Å². The lowest BCUT2D eigenvalue weighted by Gasteiger charge is -2.34. The predicted molar refractivity (Wildman–Crippen MR) is 140 cm³/mol. The number of thiazole rings is 1. The molecule has 1 unspecified atom stereocenters. The van der Waals surface area contributed by atoms with E-state index in [4.69, 9.17) is 0 Å². The standard InChI is InChI=1S/C26H28F3N3O2S2/c1-2-35-16-23(33)32-12-10-17(11-13-32)25-31-22(15-36-25)24(34)30-21-9-4-3-8-20(21)18-6-5-7-19(14-18)26(27,28)29/h3-9,14-15,17,23,33H,2,10-13,16H2,1H3,(H,30,34). The third-order valence-electron chi connectivity index (χ3n) is 6.20. The van der Waals surface area contributed by atoms with Gasteiger partial charge in [0, 0.05) is 41.4 Å². The quantitative estimate of drug-likeness (QED) is 0.353. The molecule has 0 spiro atoms. The van der Waals surface area contributed by atoms with Gasteiger partial charge < -0.3 is 10.4 Å². The van der Waals surface area contributed by atoms with E-state index >= 15 is 0 Å². The van der Waals surface area contributed by atoms with E-state index in [1.807, 2.05) is 0 Å². The van der Waals surface area contributed by atoms with Crippen LogP contribution in [0.5, 0.6) is 0 Å². The Balaban J connectivity index is 1.43. The largest absolute Gasteiger partial charge is 0.416 e. The molecule has 3 aromatic rings. The second-order valence-corrected chi connectivity index (χ2v) is 10.8. The van der Waals surface area contributed by atoms with E-state index in [0.29, 0.717) is 22.6 Å². The van der Waals surface area contributed by atoms with Crippen molar-refractivity contribution >= 4 is 34.7 Å². The van der Waals surface area contributed by atoms with Gasteiger partial charge in [-0.1, -0.05) is 37.3 Å². The van der Waals surface area contributed by atoms with Gasteiger partial charge in [0.25, 0.3) is 5.91 Å². The highest BCUT2D eigenvalue weighted by atomic mass is 32.2. The summed E-state index contributed by atoms with van der Waals surface area (Å²) < 4.78 is 39.6. The fraction of sp³-hybridized carbons (Fsp3) is 0.385. The summed E-state index contributed by atoms with van der Waals surface area (Å²) >= 11 is 3.16. The third kappa shape index (κ3) is 6.47. The first kappa shape index (κ1) is 26.7. The Kier molecular flexibility index (Phi) is 8.71. The Labute approximate surface area is 216 Å². The number of carbonyl (C=O) groups is 1. The number of hydrogen-bond donors (Lipinski definition) is 2. The summed E-state index contributed by atoms with van der Waals surface area (Å²) in [6.07, 6.45) is -3.17. The smallest absolute Gasteiger partial charge is 0.378 e. The number of aromatic nitrogens is 1. The van der Waals surface area contributed by atoms with E-state index in [0.717, 1.165) is 48.8 Å². The zero-order chi connectivity index (χ0) is 25.7. The van der Waals surface area contributed by atoms with Gasteiger partial charge in [-0.25, -0.2) is 4.98 Å². The summed E-state index contributed by atoms with van der Waals surface area (Å²) in [7, 11) is 0. The van der Waals surface area contributed by atoms with Crippen LogP contribution in [0.4, 0.5) is 18.9 Å². The molecule has 5 nitrogen and oxygen atoms in total. The fourth-order valence-corrected chi connectivity index (χ4v) is 5.87. The van der Waals surface area contributed by atoms with E-state index in [1.165, 1.54) is 17.4 Å². The monoisotopic (exact) mass is 535 g/mol. The van der Waals surface area contributed by atoms with E-state index in [9.17, 15) is 23.1 Å². The summed E-state index contributed by atoms with van der Waals surface area (Å²) in [6, 6.07) is 11.8. The van der Waals surface area contributed by atoms with Gasteiger partial charge in [-0.2, -0.15) is 24.9 Å². The Bertz CT molecular complexity index is 1180. The van der Waals surface area contributed by atoms with Gasteiger partial charge in [-0.05, 0) is 42.4 Å². The topological polar surface area (TPSA) is 65.5 Å². The number of rotatable bonds is 8. The highest BCUT2D eigenvalue weighted by molar-refractivity contribution is 7.99. The number of piperidine rings is 1. The van der Waals surface area contributed by atoms with Gasteiger partial charge >= 0.3 is 6.18 Å². The Morgan fingerprint density at radius 2 is 1.97 bits per heavy atom. The number of likely N-dealkylation sites (tertiary alicyclic amines) is 1. The number of nitrogens with zero attached hydrogens (tertiary/aromatic N) is 2. The number of amides is 1. The second-order valence-electron chi connectivity index (χ2n) is 8.60. The molecule has 2 heterocycles. The Hall–Kier alpha value is -2.40. The number of aliphatic hydroxyl groups is 1. The molecule has 4 rings (SSSR count). The SMILES string of the molecule is CCSCC(O)N1CCC(c2nc(C(=O)Nc3ccccc3-c3cccc(C(F)(F)F)c3)cs2)CC1. The van der Waals surface area contributed by atoms with Crippen molar-refractivity contribution in [3.63, 3.8) is 0 Å². The van der Waals surface area contributed by atoms with Crippen molar-refractivity contribution in [1.29, 1.82) is 0 Å². The van der Waals surface area contributed by atoms with E-state index in [-0.39, 0.29) is 11.6 Å². The minimum absolute atomic E-state index is 0.233. The number of halogens is 3. The highest BCUT2D eigenvalue weighted by Crippen LogP contribution is 2.35. The van der Waals surface area contributed by atoms with Crippen molar-refractivity contribution in [3.05, 3.63) is 70.2 Å². The van der Waals surface area contributed by atoms with E-state index in [1.54, 1.807) is 47.5 Å². The van der Waals surface area contributed by atoms with Crippen LogP contribution in [0.15, 0.2) is 53.9 Å². The summed E-state index contributed by atoms with van der Waals surface area (Å²) in [5.41, 5.74) is 0.831. The Morgan fingerprint density at radius 1 is 1.22 bits per heavy atom. The molecule has 1 saturated heterocycles. The minimum atomic E-state index is -4.45. The third-order valence-corrected chi connectivity index (χ3v) is 8.15. The maximum absolute atomic E-state index is 13.2. The van der Waals surface area contributed by atoms with Crippen molar-refractivity contribution in [3.8, 4) is 11.1 Å². The summed E-state index contributed by atoms with van der Waals surface area (Å²) in [6.45, 7) is 3.63. The molecule has 1 aromatic heterocycles. The zero-order valence-electron chi connectivity index (χ0n) is 19.8. The van der Waals surface area contributed by atoms with E-state index < -0.39 is 23.9 Å². The molecule has 10 heteroatoms. The Morgan fingerprint density at radius 3 is 2.69 bits per heavy atom. The molecule has 1 aliphatic rings. The molecule has 192 valence electrons. The molecule has 1 aliphatic heterocycles. The van der Waals surface area contributed by atoms with Crippen molar-refractivity contribution in [1.82, 2.24) is 9.88 Å². The number of alkyl halides is 3. The number of nitrogens with one attached hydrogen (secondary N) is 1. The number of carbonyl (C=O) groups excluding carboxylic acids is 1. The first-order valence-electron chi connectivity index (χ1n) is 11.8. The van der Waals surface area contributed by atoms with E-state index in [2.05, 4.69) is 22.1 Å². The van der Waals surface area contributed by atoms with Crippen LogP contribution in [0.25, 0.3) is 11.1 Å². The molecule has 0 saturated carbocycles. The predicted octanol–water partition coefficient (Wildman–Crippen LogP) is 6.33. The van der Waals surface area contributed by atoms with Gasteiger partial charge in [0.2, 0.25) is 0 Å². The molecule has 0 bridgehead atoms. The van der Waals surface area contributed by atoms with Gasteiger partial charge in [0.1, 0.15) is 11.9 Å². The average Bonchev–Trinajstić information content (AvgIpc) is 3.38. The molecular weight excluding hydrogens is 507 g/mol. The average molecular weight is 536 g/mol. The maximum atomic E-state index is 13.2. The first-order valence-corrected chi connectivity index (χ1v) is 13.8. The number of hydrogen-bond acceptors (Lipinski definition) is 6.